The molecule has 0 saturated heterocycles. The minimum atomic E-state index is -1.95. The minimum Gasteiger partial charge on any atom is -0.161 e. The Kier molecular flexibility index (Phi) is 4.87. The predicted molar refractivity (Wildman–Crippen MR) is 47.9 cm³/mol. The first-order chi connectivity index (χ1) is 4.95. The Bertz CT molecular complexity index is 134. The van der Waals surface area contributed by atoms with E-state index >= 15 is 0 Å². The highest BCUT2D eigenvalue weighted by molar-refractivity contribution is 7.38. The Morgan fingerprint density at radius 1 is 1.27 bits per heavy atom. The monoisotopic (exact) mass is 177 g/mol. The molecule has 3 atom stereocenters. The van der Waals surface area contributed by atoms with E-state index in [1.165, 1.54) is 0 Å². The summed E-state index contributed by atoms with van der Waals surface area (Å²) in [6.07, 6.45) is 0.439. The van der Waals surface area contributed by atoms with Gasteiger partial charge in [-0.1, -0.05) is 27.7 Å². The van der Waals surface area contributed by atoms with Crippen LogP contribution in [0.25, 0.3) is 0 Å². The molecule has 0 aliphatic carbocycles. The average Bonchev–Trinajstić information content (AvgIpc) is 1.84. The van der Waals surface area contributed by atoms with Gasteiger partial charge in [-0.15, -0.1) is 0 Å². The van der Waals surface area contributed by atoms with Crippen molar-refractivity contribution >= 4 is 8.03 Å². The smallest absolute Gasteiger partial charge is 0.161 e. The molecule has 0 saturated carbocycles. The molecular weight excluding hydrogens is 159 g/mol. The van der Waals surface area contributed by atoms with Crippen LogP contribution in [-0.2, 0) is 4.57 Å². The van der Waals surface area contributed by atoms with Crippen LogP contribution in [0.4, 0.5) is 0 Å². The first-order valence-electron chi connectivity index (χ1n) is 4.08. The van der Waals surface area contributed by atoms with Gasteiger partial charge in [0.25, 0.3) is 0 Å². The van der Waals surface area contributed by atoms with E-state index in [1.54, 1.807) is 0 Å². The molecule has 0 aromatic heterocycles. The molecule has 0 heterocycles. The molecule has 0 rings (SSSR count). The first kappa shape index (κ1) is 11.1. The molecule has 0 spiro atoms. The molecule has 0 bridgehead atoms. The summed E-state index contributed by atoms with van der Waals surface area (Å²) in [5, 5.41) is 0. The summed E-state index contributed by atoms with van der Waals surface area (Å²) in [6.45, 7) is 8.46. The zero-order chi connectivity index (χ0) is 9.02. The van der Waals surface area contributed by atoms with Gasteiger partial charge in [-0.3, -0.25) is 0 Å². The van der Waals surface area contributed by atoms with Crippen LogP contribution in [0.15, 0.2) is 0 Å². The Morgan fingerprint density at radius 2 is 1.73 bits per heavy atom. The fourth-order valence-electron chi connectivity index (χ4n) is 1.07. The Balaban J connectivity index is 3.82. The van der Waals surface area contributed by atoms with Crippen molar-refractivity contribution in [3.05, 3.63) is 0 Å². The maximum absolute atomic E-state index is 10.5. The summed E-state index contributed by atoms with van der Waals surface area (Å²) >= 11 is 0. The van der Waals surface area contributed by atoms with Crippen molar-refractivity contribution in [1.82, 2.24) is 0 Å². The van der Waals surface area contributed by atoms with Gasteiger partial charge in [-0.25, -0.2) is 0 Å². The van der Waals surface area contributed by atoms with Crippen LogP contribution in [0.3, 0.4) is 0 Å². The molecule has 66 valence electrons. The van der Waals surface area contributed by atoms with Crippen molar-refractivity contribution < 1.29 is 9.46 Å². The van der Waals surface area contributed by atoms with Gasteiger partial charge in [-0.2, -0.15) is 4.89 Å². The van der Waals surface area contributed by atoms with Crippen LogP contribution in [0, 0.1) is 17.8 Å². The van der Waals surface area contributed by atoms with Crippen molar-refractivity contribution in [2.24, 2.45) is 17.8 Å². The number of hydrogen-bond acceptors (Lipinski definition) is 1. The Labute approximate surface area is 69.9 Å². The predicted octanol–water partition coefficient (Wildman–Crippen LogP) is 2.65. The van der Waals surface area contributed by atoms with Gasteiger partial charge in [0.2, 0.25) is 0 Å². The van der Waals surface area contributed by atoms with E-state index < -0.39 is 8.03 Å². The molecule has 11 heavy (non-hydrogen) atoms. The lowest BCUT2D eigenvalue weighted by Gasteiger charge is -2.18. The fraction of sp³-hybridized carbons (Fsp3) is 1.00. The van der Waals surface area contributed by atoms with Gasteiger partial charge in [0.15, 0.2) is 6.16 Å². The molecule has 0 aliphatic rings. The van der Waals surface area contributed by atoms with Crippen LogP contribution in [0.5, 0.6) is 0 Å². The quantitative estimate of drug-likeness (QED) is 0.670. The van der Waals surface area contributed by atoms with Gasteiger partial charge < -0.3 is 0 Å². The molecule has 0 fully saturated rings. The fourth-order valence-corrected chi connectivity index (χ4v) is 1.89. The highest BCUT2D eigenvalue weighted by Crippen LogP contribution is 2.27. The van der Waals surface area contributed by atoms with E-state index in [-0.39, 0.29) is 0 Å². The van der Waals surface area contributed by atoms with Crippen molar-refractivity contribution in [1.29, 1.82) is 0 Å². The average molecular weight is 177 g/mol. The molecule has 3 heteroatoms. The lowest BCUT2D eigenvalue weighted by atomic mass is 9.87. The second kappa shape index (κ2) is 4.84. The third kappa shape index (κ3) is 4.49. The molecule has 3 unspecified atom stereocenters. The van der Waals surface area contributed by atoms with Crippen molar-refractivity contribution in [3.63, 3.8) is 0 Å². The van der Waals surface area contributed by atoms with Crippen molar-refractivity contribution in [2.75, 3.05) is 6.16 Å². The van der Waals surface area contributed by atoms with E-state index in [1.807, 2.05) is 6.92 Å². The molecule has 0 radical (unpaired) electrons. The van der Waals surface area contributed by atoms with Gasteiger partial charge in [0.1, 0.15) is 0 Å². The summed E-state index contributed by atoms with van der Waals surface area (Å²) in [4.78, 5) is 8.66. The Morgan fingerprint density at radius 3 is 2.00 bits per heavy atom. The highest BCUT2D eigenvalue weighted by Gasteiger charge is 2.23. The summed E-state index contributed by atoms with van der Waals surface area (Å²) < 4.78 is 10.5. The molecule has 0 amide bonds. The van der Waals surface area contributed by atoms with Crippen LogP contribution in [0.2, 0.25) is 0 Å². The second-order valence-corrected chi connectivity index (χ2v) is 4.68. The molecular formula is C8H18O2P+. The lowest BCUT2D eigenvalue weighted by Crippen LogP contribution is -2.16. The van der Waals surface area contributed by atoms with Gasteiger partial charge in [0.05, 0.1) is 0 Å². The SMILES string of the molecule is CC(C)C(C)C(C)C[P+](=O)O. The summed E-state index contributed by atoms with van der Waals surface area (Å²) in [6, 6.07) is 0. The highest BCUT2D eigenvalue weighted by atomic mass is 31.1. The second-order valence-electron chi connectivity index (χ2n) is 3.62. The van der Waals surface area contributed by atoms with E-state index in [2.05, 4.69) is 20.8 Å². The zero-order valence-electron chi connectivity index (χ0n) is 7.74. The topological polar surface area (TPSA) is 37.3 Å². The van der Waals surface area contributed by atoms with Crippen molar-refractivity contribution in [2.45, 2.75) is 27.7 Å². The largest absolute Gasteiger partial charge is 0.505 e. The zero-order valence-corrected chi connectivity index (χ0v) is 8.64. The molecule has 0 aromatic rings. The van der Waals surface area contributed by atoms with Crippen LogP contribution >= 0.6 is 8.03 Å². The summed E-state index contributed by atoms with van der Waals surface area (Å²) in [7, 11) is -1.95. The van der Waals surface area contributed by atoms with Crippen molar-refractivity contribution in [3.8, 4) is 0 Å². The van der Waals surface area contributed by atoms with Gasteiger partial charge >= 0.3 is 8.03 Å². The maximum Gasteiger partial charge on any atom is 0.505 e. The van der Waals surface area contributed by atoms with E-state index in [0.29, 0.717) is 23.9 Å². The number of hydrogen-bond donors (Lipinski definition) is 1. The standard InChI is InChI=1S/C8H17O2P/c1-6(2)8(4)7(3)5-11(9)10/h6-8H,5H2,1-4H3/p+1. The van der Waals surface area contributed by atoms with E-state index in [9.17, 15) is 4.57 Å². The van der Waals surface area contributed by atoms with E-state index in [4.69, 9.17) is 4.89 Å². The normalized spacial score (nSPS) is 18.2. The van der Waals surface area contributed by atoms with Crippen LogP contribution in [-0.4, -0.2) is 11.1 Å². The van der Waals surface area contributed by atoms with Gasteiger partial charge in [-0.05, 0) is 16.4 Å². The third-order valence-electron chi connectivity index (χ3n) is 2.39. The molecule has 0 aliphatic heterocycles. The molecule has 2 nitrogen and oxygen atoms in total. The minimum absolute atomic E-state index is 0.351. The van der Waals surface area contributed by atoms with Crippen LogP contribution in [0.1, 0.15) is 27.7 Å². The van der Waals surface area contributed by atoms with E-state index in [0.717, 1.165) is 0 Å². The summed E-state index contributed by atoms with van der Waals surface area (Å²) in [5.41, 5.74) is 0. The van der Waals surface area contributed by atoms with Crippen LogP contribution < -0.4 is 0 Å². The van der Waals surface area contributed by atoms with Gasteiger partial charge in [0, 0.05) is 5.92 Å². The molecule has 0 aromatic carbocycles. The third-order valence-corrected chi connectivity index (χ3v) is 3.28. The molecule has 1 N–H and O–H groups in total. The lowest BCUT2D eigenvalue weighted by molar-refractivity contribution is 0.314. The number of rotatable bonds is 4. The Hall–Kier alpha value is 0.0600. The maximum atomic E-state index is 10.5. The first-order valence-corrected chi connectivity index (χ1v) is 5.48. The summed E-state index contributed by atoms with van der Waals surface area (Å²) in [5.74, 6) is 1.48.